The summed E-state index contributed by atoms with van der Waals surface area (Å²) in [4.78, 5) is 19.8. The van der Waals surface area contributed by atoms with Gasteiger partial charge in [0.1, 0.15) is 11.5 Å². The highest BCUT2D eigenvalue weighted by Gasteiger charge is 2.10. The summed E-state index contributed by atoms with van der Waals surface area (Å²) < 4.78 is 1.60. The Labute approximate surface area is 97.9 Å². The van der Waals surface area contributed by atoms with Crippen molar-refractivity contribution in [1.29, 1.82) is 0 Å². The van der Waals surface area contributed by atoms with Crippen LogP contribution >= 0.6 is 0 Å². The van der Waals surface area contributed by atoms with Gasteiger partial charge in [-0.1, -0.05) is 0 Å². The molecule has 88 valence electrons. The van der Waals surface area contributed by atoms with Crippen molar-refractivity contribution in [2.45, 2.75) is 0 Å². The van der Waals surface area contributed by atoms with Gasteiger partial charge in [-0.05, 0) is 0 Å². The van der Waals surface area contributed by atoms with Crippen molar-refractivity contribution in [3.8, 4) is 0 Å². The fourth-order valence-electron chi connectivity index (χ4n) is 1.26. The van der Waals surface area contributed by atoms with Gasteiger partial charge >= 0.3 is 0 Å². The van der Waals surface area contributed by atoms with E-state index in [9.17, 15) is 4.79 Å². The van der Waals surface area contributed by atoms with E-state index in [1.807, 2.05) is 0 Å². The van der Waals surface area contributed by atoms with Gasteiger partial charge in [0.15, 0.2) is 5.82 Å². The first kappa shape index (κ1) is 11.1. The van der Waals surface area contributed by atoms with Gasteiger partial charge in [0.25, 0.3) is 5.91 Å². The highest BCUT2D eigenvalue weighted by atomic mass is 16.2. The normalized spacial score (nSPS) is 10.0. The number of anilines is 2. The minimum atomic E-state index is -0.340. The van der Waals surface area contributed by atoms with Crippen LogP contribution in [0.25, 0.3) is 0 Å². The molecule has 2 rings (SSSR count). The van der Waals surface area contributed by atoms with E-state index in [2.05, 4.69) is 25.7 Å². The van der Waals surface area contributed by atoms with Crippen LogP contribution < -0.4 is 10.6 Å². The summed E-state index contributed by atoms with van der Waals surface area (Å²) in [7, 11) is 3.49. The van der Waals surface area contributed by atoms with Crippen LogP contribution in [-0.2, 0) is 7.05 Å². The maximum absolute atomic E-state index is 11.8. The maximum Gasteiger partial charge on any atom is 0.277 e. The molecule has 2 aromatic rings. The SMILES string of the molecule is CNc1cncc(C(=O)Nc2ccn(C)n2)n1. The van der Waals surface area contributed by atoms with Crippen LogP contribution in [0.5, 0.6) is 0 Å². The summed E-state index contributed by atoms with van der Waals surface area (Å²) in [5, 5.41) is 9.49. The topological polar surface area (TPSA) is 84.7 Å². The zero-order valence-electron chi connectivity index (χ0n) is 9.51. The standard InChI is InChI=1S/C10H12N6O/c1-11-9-6-12-5-7(13-9)10(17)14-8-3-4-16(2)15-8/h3-6H,1-2H3,(H,11,13)(H,14,15,17). The molecule has 0 aromatic carbocycles. The predicted molar refractivity (Wildman–Crippen MR) is 62.7 cm³/mol. The lowest BCUT2D eigenvalue weighted by atomic mass is 10.4. The Kier molecular flexibility index (Phi) is 2.99. The smallest absolute Gasteiger partial charge is 0.277 e. The number of nitrogens with zero attached hydrogens (tertiary/aromatic N) is 4. The fraction of sp³-hybridized carbons (Fsp3) is 0.200. The molecule has 0 spiro atoms. The number of rotatable bonds is 3. The van der Waals surface area contributed by atoms with E-state index in [0.29, 0.717) is 11.6 Å². The fourth-order valence-corrected chi connectivity index (χ4v) is 1.26. The van der Waals surface area contributed by atoms with Crippen LogP contribution in [0.2, 0.25) is 0 Å². The van der Waals surface area contributed by atoms with Crippen molar-refractivity contribution >= 4 is 17.5 Å². The lowest BCUT2D eigenvalue weighted by molar-refractivity contribution is 0.102. The Bertz CT molecular complexity index is 535. The van der Waals surface area contributed by atoms with Gasteiger partial charge in [0.2, 0.25) is 0 Å². The molecule has 2 heterocycles. The monoisotopic (exact) mass is 232 g/mol. The molecule has 0 atom stereocenters. The summed E-state index contributed by atoms with van der Waals surface area (Å²) in [5.41, 5.74) is 0.238. The second-order valence-electron chi connectivity index (χ2n) is 3.37. The van der Waals surface area contributed by atoms with E-state index >= 15 is 0 Å². The molecule has 7 nitrogen and oxygen atoms in total. The highest BCUT2D eigenvalue weighted by Crippen LogP contribution is 2.05. The van der Waals surface area contributed by atoms with Gasteiger partial charge in [0.05, 0.1) is 12.4 Å². The molecule has 2 N–H and O–H groups in total. The van der Waals surface area contributed by atoms with Crippen molar-refractivity contribution in [3.05, 3.63) is 30.4 Å². The summed E-state index contributed by atoms with van der Waals surface area (Å²) in [5.74, 6) is 0.682. The molecule has 0 aliphatic carbocycles. The molecule has 0 aliphatic rings. The Balaban J connectivity index is 2.14. The first-order chi connectivity index (χ1) is 8.19. The second kappa shape index (κ2) is 4.60. The molecule has 2 aromatic heterocycles. The van der Waals surface area contributed by atoms with Crippen LogP contribution in [0.4, 0.5) is 11.6 Å². The molecule has 7 heteroatoms. The van der Waals surface area contributed by atoms with Gasteiger partial charge < -0.3 is 10.6 Å². The van der Waals surface area contributed by atoms with Gasteiger partial charge in [-0.3, -0.25) is 14.5 Å². The molecular formula is C10H12N6O. The summed E-state index contributed by atoms with van der Waals surface area (Å²) in [6.07, 6.45) is 4.68. The number of carbonyl (C=O) groups is 1. The molecule has 0 aliphatic heterocycles. The van der Waals surface area contributed by atoms with Crippen molar-refractivity contribution in [2.24, 2.45) is 7.05 Å². The third kappa shape index (κ3) is 2.57. The highest BCUT2D eigenvalue weighted by molar-refractivity contribution is 6.02. The largest absolute Gasteiger partial charge is 0.372 e. The minimum absolute atomic E-state index is 0.238. The third-order valence-electron chi connectivity index (χ3n) is 2.08. The van der Waals surface area contributed by atoms with E-state index in [-0.39, 0.29) is 11.6 Å². The Hall–Kier alpha value is -2.44. The number of amides is 1. The van der Waals surface area contributed by atoms with E-state index in [4.69, 9.17) is 0 Å². The van der Waals surface area contributed by atoms with E-state index in [1.165, 1.54) is 12.4 Å². The quantitative estimate of drug-likeness (QED) is 0.805. The third-order valence-corrected chi connectivity index (χ3v) is 2.08. The summed E-state index contributed by atoms with van der Waals surface area (Å²) in [6, 6.07) is 1.70. The van der Waals surface area contributed by atoms with Gasteiger partial charge in [-0.15, -0.1) is 0 Å². The van der Waals surface area contributed by atoms with Gasteiger partial charge in [0, 0.05) is 26.4 Å². The first-order valence-electron chi connectivity index (χ1n) is 5.00. The molecule has 0 radical (unpaired) electrons. The van der Waals surface area contributed by atoms with Crippen molar-refractivity contribution in [2.75, 3.05) is 17.7 Å². The molecule has 0 bridgehead atoms. The number of nitrogens with one attached hydrogen (secondary N) is 2. The Morgan fingerprint density at radius 2 is 2.18 bits per heavy atom. The minimum Gasteiger partial charge on any atom is -0.372 e. The van der Waals surface area contributed by atoms with Crippen LogP contribution in [0, 0.1) is 0 Å². The van der Waals surface area contributed by atoms with Gasteiger partial charge in [-0.25, -0.2) is 4.98 Å². The molecular weight excluding hydrogens is 220 g/mol. The molecule has 0 fully saturated rings. The average molecular weight is 232 g/mol. The van der Waals surface area contributed by atoms with Crippen LogP contribution in [0.15, 0.2) is 24.7 Å². The lowest BCUT2D eigenvalue weighted by Gasteiger charge is -2.02. The zero-order chi connectivity index (χ0) is 12.3. The number of hydrogen-bond donors (Lipinski definition) is 2. The molecule has 0 saturated heterocycles. The van der Waals surface area contributed by atoms with Crippen molar-refractivity contribution in [3.63, 3.8) is 0 Å². The predicted octanol–water partition coefficient (Wildman–Crippen LogP) is 0.504. The molecule has 1 amide bonds. The van der Waals surface area contributed by atoms with Crippen LogP contribution in [0.1, 0.15) is 10.5 Å². The van der Waals surface area contributed by atoms with Crippen molar-refractivity contribution in [1.82, 2.24) is 19.7 Å². The van der Waals surface area contributed by atoms with Crippen LogP contribution in [0.3, 0.4) is 0 Å². The molecule has 0 saturated carbocycles. The second-order valence-corrected chi connectivity index (χ2v) is 3.37. The number of carbonyl (C=O) groups excluding carboxylic acids is 1. The number of hydrogen-bond acceptors (Lipinski definition) is 5. The van der Waals surface area contributed by atoms with E-state index in [0.717, 1.165) is 0 Å². The summed E-state index contributed by atoms with van der Waals surface area (Å²) >= 11 is 0. The summed E-state index contributed by atoms with van der Waals surface area (Å²) in [6.45, 7) is 0. The van der Waals surface area contributed by atoms with E-state index in [1.54, 1.807) is 31.0 Å². The Morgan fingerprint density at radius 3 is 2.82 bits per heavy atom. The molecule has 17 heavy (non-hydrogen) atoms. The number of aromatic nitrogens is 4. The first-order valence-corrected chi connectivity index (χ1v) is 5.00. The molecule has 0 unspecified atom stereocenters. The van der Waals surface area contributed by atoms with Gasteiger partial charge in [-0.2, -0.15) is 5.10 Å². The lowest BCUT2D eigenvalue weighted by Crippen LogP contribution is -2.15. The number of aryl methyl sites for hydroxylation is 1. The zero-order valence-corrected chi connectivity index (χ0v) is 9.51. The average Bonchev–Trinajstić information content (AvgIpc) is 2.75. The maximum atomic E-state index is 11.8. The van der Waals surface area contributed by atoms with Crippen LogP contribution in [-0.4, -0.2) is 32.7 Å². The van der Waals surface area contributed by atoms with Crippen molar-refractivity contribution < 1.29 is 4.79 Å². The van der Waals surface area contributed by atoms with E-state index < -0.39 is 0 Å². The Morgan fingerprint density at radius 1 is 1.35 bits per heavy atom.